The molecule has 1 unspecified atom stereocenters. The van der Waals surface area contributed by atoms with Crippen LogP contribution in [0.25, 0.3) is 0 Å². The third-order valence-electron chi connectivity index (χ3n) is 3.14. The molecule has 13 heavy (non-hydrogen) atoms. The molecule has 0 saturated heterocycles. The first-order valence-corrected chi connectivity index (χ1v) is 5.18. The molecule has 1 fully saturated rings. The van der Waals surface area contributed by atoms with Gasteiger partial charge in [0.2, 0.25) is 0 Å². The summed E-state index contributed by atoms with van der Waals surface area (Å²) in [7, 11) is 0. The lowest BCUT2D eigenvalue weighted by atomic mass is 10.1. The highest BCUT2D eigenvalue weighted by molar-refractivity contribution is 5.51. The van der Waals surface area contributed by atoms with E-state index in [0.717, 1.165) is 5.82 Å². The van der Waals surface area contributed by atoms with E-state index in [1.54, 1.807) is 0 Å². The fourth-order valence-corrected chi connectivity index (χ4v) is 2.08. The summed E-state index contributed by atoms with van der Waals surface area (Å²) in [5.74, 6) is 1.80. The summed E-state index contributed by atoms with van der Waals surface area (Å²) >= 11 is 0. The maximum absolute atomic E-state index is 4.33. The summed E-state index contributed by atoms with van der Waals surface area (Å²) in [6.45, 7) is 2.27. The van der Waals surface area contributed by atoms with Crippen molar-refractivity contribution >= 4 is 5.82 Å². The third-order valence-corrected chi connectivity index (χ3v) is 3.14. The monoisotopic (exact) mass is 177 g/mol. The molecule has 1 aromatic rings. The molecule has 3 rings (SSSR count). The molecular formula is C10H15N3. The fraction of sp³-hybridized carbons (Fsp3) is 0.700. The van der Waals surface area contributed by atoms with Crippen LogP contribution in [0.3, 0.4) is 0 Å². The molecule has 2 N–H and O–H groups in total. The van der Waals surface area contributed by atoms with Crippen molar-refractivity contribution in [1.82, 2.24) is 10.2 Å². The molecule has 0 radical (unpaired) electrons. The largest absolute Gasteiger partial charge is 0.366 e. The van der Waals surface area contributed by atoms with Crippen LogP contribution >= 0.6 is 0 Å². The van der Waals surface area contributed by atoms with E-state index in [2.05, 4.69) is 22.4 Å². The average molecular weight is 177 g/mol. The van der Waals surface area contributed by atoms with E-state index < -0.39 is 0 Å². The zero-order valence-corrected chi connectivity index (χ0v) is 7.93. The normalized spacial score (nSPS) is 26.1. The molecule has 70 valence electrons. The number of nitrogens with zero attached hydrogens (tertiary/aromatic N) is 1. The van der Waals surface area contributed by atoms with E-state index in [-0.39, 0.29) is 0 Å². The second kappa shape index (κ2) is 2.50. The highest BCUT2D eigenvalue weighted by atomic mass is 15.2. The Labute approximate surface area is 77.9 Å². The average Bonchev–Trinajstić information content (AvgIpc) is 2.72. The lowest BCUT2D eigenvalue weighted by molar-refractivity contribution is 0.716. The number of fused-ring (bicyclic) bond motifs is 1. The van der Waals surface area contributed by atoms with E-state index in [1.165, 1.54) is 36.9 Å². The molecule has 0 spiro atoms. The van der Waals surface area contributed by atoms with E-state index in [9.17, 15) is 0 Å². The molecule has 0 amide bonds. The second-order valence-corrected chi connectivity index (χ2v) is 4.32. The topological polar surface area (TPSA) is 40.7 Å². The van der Waals surface area contributed by atoms with Crippen molar-refractivity contribution in [3.8, 4) is 0 Å². The van der Waals surface area contributed by atoms with Gasteiger partial charge in [-0.1, -0.05) is 6.92 Å². The maximum Gasteiger partial charge on any atom is 0.151 e. The Bertz CT molecular complexity index is 325. The Balaban J connectivity index is 1.89. The molecule has 2 aliphatic carbocycles. The molecular weight excluding hydrogens is 162 g/mol. The van der Waals surface area contributed by atoms with Crippen LogP contribution in [0.4, 0.5) is 5.82 Å². The van der Waals surface area contributed by atoms with E-state index in [0.29, 0.717) is 12.0 Å². The van der Waals surface area contributed by atoms with Gasteiger partial charge in [-0.3, -0.25) is 5.10 Å². The molecule has 3 heteroatoms. The zero-order valence-electron chi connectivity index (χ0n) is 7.93. The van der Waals surface area contributed by atoms with Gasteiger partial charge in [-0.2, -0.15) is 5.10 Å². The Kier molecular flexibility index (Phi) is 1.43. The number of hydrogen-bond acceptors (Lipinski definition) is 2. The first-order valence-electron chi connectivity index (χ1n) is 5.18. The Hall–Kier alpha value is -0.990. The minimum absolute atomic E-state index is 0.678. The van der Waals surface area contributed by atoms with E-state index >= 15 is 0 Å². The van der Waals surface area contributed by atoms with Gasteiger partial charge >= 0.3 is 0 Å². The van der Waals surface area contributed by atoms with Crippen molar-refractivity contribution < 1.29 is 0 Å². The van der Waals surface area contributed by atoms with Crippen LogP contribution in [0, 0.1) is 0 Å². The molecule has 2 aliphatic rings. The van der Waals surface area contributed by atoms with Gasteiger partial charge < -0.3 is 5.32 Å². The number of rotatable bonds is 2. The van der Waals surface area contributed by atoms with Crippen LogP contribution in [-0.2, 0) is 6.42 Å². The van der Waals surface area contributed by atoms with Gasteiger partial charge in [0, 0.05) is 17.3 Å². The predicted octanol–water partition coefficient (Wildman–Crippen LogP) is 2.03. The van der Waals surface area contributed by atoms with Gasteiger partial charge in [-0.05, 0) is 31.6 Å². The summed E-state index contributed by atoms with van der Waals surface area (Å²) in [4.78, 5) is 0. The fourth-order valence-electron chi connectivity index (χ4n) is 2.08. The highest BCUT2D eigenvalue weighted by Gasteiger charge is 2.28. The Morgan fingerprint density at radius 1 is 1.38 bits per heavy atom. The van der Waals surface area contributed by atoms with Gasteiger partial charge in [0.05, 0.1) is 0 Å². The number of nitrogens with one attached hydrogen (secondary N) is 2. The van der Waals surface area contributed by atoms with Gasteiger partial charge in [-0.25, -0.2) is 0 Å². The lowest BCUT2D eigenvalue weighted by Crippen LogP contribution is -2.02. The first-order chi connectivity index (χ1) is 6.34. The van der Waals surface area contributed by atoms with E-state index in [1.807, 2.05) is 0 Å². The standard InChI is InChI=1S/C10H15N3/c1-6-2-5-8-9(6)12-13-10(8)11-7-3-4-7/h6-7H,2-5H2,1H3,(H2,11,12,13). The lowest BCUT2D eigenvalue weighted by Gasteiger charge is -2.00. The van der Waals surface area contributed by atoms with Crippen LogP contribution in [0.15, 0.2) is 0 Å². The minimum atomic E-state index is 0.678. The van der Waals surface area contributed by atoms with Crippen molar-refractivity contribution in [2.24, 2.45) is 0 Å². The maximum atomic E-state index is 4.33. The Morgan fingerprint density at radius 2 is 2.23 bits per heavy atom. The first kappa shape index (κ1) is 7.42. The molecule has 1 atom stereocenters. The predicted molar refractivity (Wildman–Crippen MR) is 52.0 cm³/mol. The van der Waals surface area contributed by atoms with Crippen molar-refractivity contribution in [1.29, 1.82) is 0 Å². The smallest absolute Gasteiger partial charge is 0.151 e. The molecule has 0 aliphatic heterocycles. The highest BCUT2D eigenvalue weighted by Crippen LogP contribution is 2.36. The summed E-state index contributed by atoms with van der Waals surface area (Å²) in [5.41, 5.74) is 2.81. The van der Waals surface area contributed by atoms with Crippen LogP contribution in [-0.4, -0.2) is 16.2 Å². The van der Waals surface area contributed by atoms with Crippen LogP contribution in [0.1, 0.15) is 43.4 Å². The summed E-state index contributed by atoms with van der Waals surface area (Å²) in [5, 5.41) is 11.0. The number of aromatic nitrogens is 2. The quantitative estimate of drug-likeness (QED) is 0.725. The molecule has 1 saturated carbocycles. The van der Waals surface area contributed by atoms with Crippen LogP contribution in [0.5, 0.6) is 0 Å². The minimum Gasteiger partial charge on any atom is -0.366 e. The number of anilines is 1. The van der Waals surface area contributed by atoms with Crippen LogP contribution < -0.4 is 5.32 Å². The Morgan fingerprint density at radius 3 is 3.00 bits per heavy atom. The van der Waals surface area contributed by atoms with Crippen LogP contribution in [0.2, 0.25) is 0 Å². The molecule has 0 bridgehead atoms. The molecule has 1 heterocycles. The summed E-state index contributed by atoms with van der Waals surface area (Å²) < 4.78 is 0. The number of hydrogen-bond donors (Lipinski definition) is 2. The van der Waals surface area contributed by atoms with Crippen molar-refractivity contribution in [3.63, 3.8) is 0 Å². The van der Waals surface area contributed by atoms with Gasteiger partial charge in [0.15, 0.2) is 5.82 Å². The molecule has 0 aromatic carbocycles. The SMILES string of the molecule is CC1CCc2c(NC3CC3)n[nH]c21. The van der Waals surface area contributed by atoms with Gasteiger partial charge in [-0.15, -0.1) is 0 Å². The summed E-state index contributed by atoms with van der Waals surface area (Å²) in [6, 6.07) is 0.711. The number of H-pyrrole nitrogens is 1. The van der Waals surface area contributed by atoms with Crippen molar-refractivity contribution in [2.45, 2.75) is 44.6 Å². The third kappa shape index (κ3) is 1.14. The van der Waals surface area contributed by atoms with E-state index in [4.69, 9.17) is 0 Å². The second-order valence-electron chi connectivity index (χ2n) is 4.32. The number of aromatic amines is 1. The van der Waals surface area contributed by atoms with Gasteiger partial charge in [0.25, 0.3) is 0 Å². The van der Waals surface area contributed by atoms with Crippen molar-refractivity contribution in [2.75, 3.05) is 5.32 Å². The zero-order chi connectivity index (χ0) is 8.84. The molecule has 1 aromatic heterocycles. The molecule has 3 nitrogen and oxygen atoms in total. The summed E-state index contributed by atoms with van der Waals surface area (Å²) in [6.07, 6.45) is 5.11. The van der Waals surface area contributed by atoms with Gasteiger partial charge in [0.1, 0.15) is 0 Å². The van der Waals surface area contributed by atoms with Crippen molar-refractivity contribution in [3.05, 3.63) is 11.3 Å².